The van der Waals surface area contributed by atoms with E-state index in [4.69, 9.17) is 4.74 Å². The Hall–Kier alpha value is -2.44. The van der Waals surface area contributed by atoms with E-state index in [0.717, 1.165) is 43.3 Å². The molecule has 1 aliphatic rings. The summed E-state index contributed by atoms with van der Waals surface area (Å²) in [5.41, 5.74) is 0.943. The SMILES string of the molecule is COc1cc(NC2CCN(c3ccc(C)nn3)CC2)ncn1. The molecule has 1 saturated heterocycles. The highest BCUT2D eigenvalue weighted by atomic mass is 16.5. The number of rotatable bonds is 4. The molecule has 116 valence electrons. The van der Waals surface area contributed by atoms with E-state index >= 15 is 0 Å². The summed E-state index contributed by atoms with van der Waals surface area (Å²) in [7, 11) is 1.60. The molecule has 7 heteroatoms. The van der Waals surface area contributed by atoms with Gasteiger partial charge in [0.25, 0.3) is 0 Å². The first-order chi connectivity index (χ1) is 10.7. The molecule has 3 rings (SSSR count). The van der Waals surface area contributed by atoms with Gasteiger partial charge in [0.1, 0.15) is 12.1 Å². The summed E-state index contributed by atoms with van der Waals surface area (Å²) in [5, 5.41) is 11.8. The van der Waals surface area contributed by atoms with Gasteiger partial charge in [-0.1, -0.05) is 0 Å². The Bertz CT molecular complexity index is 610. The Balaban J connectivity index is 1.56. The van der Waals surface area contributed by atoms with E-state index in [9.17, 15) is 0 Å². The molecule has 0 aromatic carbocycles. The van der Waals surface area contributed by atoms with Crippen molar-refractivity contribution < 1.29 is 4.74 Å². The molecule has 1 aliphatic heterocycles. The van der Waals surface area contributed by atoms with Crippen LogP contribution in [0.3, 0.4) is 0 Å². The van der Waals surface area contributed by atoms with E-state index in [1.54, 1.807) is 7.11 Å². The van der Waals surface area contributed by atoms with Crippen molar-refractivity contribution in [2.45, 2.75) is 25.8 Å². The number of methoxy groups -OCH3 is 1. The molecule has 1 fully saturated rings. The van der Waals surface area contributed by atoms with Crippen LogP contribution < -0.4 is 15.0 Å². The first-order valence-corrected chi connectivity index (χ1v) is 7.42. The van der Waals surface area contributed by atoms with E-state index in [-0.39, 0.29) is 0 Å². The first kappa shape index (κ1) is 14.5. The van der Waals surface area contributed by atoms with Gasteiger partial charge in [0.05, 0.1) is 12.8 Å². The predicted octanol–water partition coefficient (Wildman–Crippen LogP) is 1.66. The molecular weight excluding hydrogens is 280 g/mol. The Labute approximate surface area is 129 Å². The second kappa shape index (κ2) is 6.55. The molecule has 22 heavy (non-hydrogen) atoms. The molecule has 0 saturated carbocycles. The van der Waals surface area contributed by atoms with E-state index in [1.165, 1.54) is 6.33 Å². The van der Waals surface area contributed by atoms with Crippen molar-refractivity contribution in [1.82, 2.24) is 20.2 Å². The van der Waals surface area contributed by atoms with Crippen molar-refractivity contribution in [2.24, 2.45) is 0 Å². The van der Waals surface area contributed by atoms with Gasteiger partial charge in [-0.25, -0.2) is 9.97 Å². The molecule has 7 nitrogen and oxygen atoms in total. The zero-order valence-electron chi connectivity index (χ0n) is 12.9. The molecule has 0 spiro atoms. The van der Waals surface area contributed by atoms with Gasteiger partial charge >= 0.3 is 0 Å². The number of piperidine rings is 1. The van der Waals surface area contributed by atoms with Crippen molar-refractivity contribution in [3.05, 3.63) is 30.2 Å². The summed E-state index contributed by atoms with van der Waals surface area (Å²) in [4.78, 5) is 10.5. The van der Waals surface area contributed by atoms with Crippen LogP contribution in [0.15, 0.2) is 24.5 Å². The normalized spacial score (nSPS) is 15.6. The third-order valence-electron chi connectivity index (χ3n) is 3.81. The van der Waals surface area contributed by atoms with Gasteiger partial charge in [-0.15, -0.1) is 5.10 Å². The zero-order valence-corrected chi connectivity index (χ0v) is 12.9. The molecule has 0 bridgehead atoms. The third kappa shape index (κ3) is 3.41. The summed E-state index contributed by atoms with van der Waals surface area (Å²) in [6.07, 6.45) is 3.57. The molecule has 0 unspecified atom stereocenters. The Morgan fingerprint density at radius 2 is 2.00 bits per heavy atom. The van der Waals surface area contributed by atoms with Crippen molar-refractivity contribution in [2.75, 3.05) is 30.4 Å². The van der Waals surface area contributed by atoms with Crippen LogP contribution in [0.25, 0.3) is 0 Å². The molecule has 2 aromatic rings. The maximum Gasteiger partial charge on any atom is 0.218 e. The van der Waals surface area contributed by atoms with Crippen LogP contribution in [0, 0.1) is 6.92 Å². The zero-order chi connectivity index (χ0) is 15.4. The summed E-state index contributed by atoms with van der Waals surface area (Å²) in [6.45, 7) is 3.86. The highest BCUT2D eigenvalue weighted by molar-refractivity contribution is 5.41. The number of ether oxygens (including phenoxy) is 1. The lowest BCUT2D eigenvalue weighted by molar-refractivity contribution is 0.397. The van der Waals surface area contributed by atoms with Gasteiger partial charge < -0.3 is 15.0 Å². The monoisotopic (exact) mass is 300 g/mol. The van der Waals surface area contributed by atoms with E-state index in [2.05, 4.69) is 30.4 Å². The molecule has 3 heterocycles. The maximum absolute atomic E-state index is 5.11. The average Bonchev–Trinajstić information content (AvgIpc) is 2.57. The quantitative estimate of drug-likeness (QED) is 0.920. The van der Waals surface area contributed by atoms with E-state index < -0.39 is 0 Å². The standard InChI is InChI=1S/C15H20N6O/c1-11-3-4-14(20-19-11)21-7-5-12(6-8-21)18-13-9-15(22-2)17-10-16-13/h3-4,9-10,12H,5-8H2,1-2H3,(H,16,17,18). The summed E-state index contributed by atoms with van der Waals surface area (Å²) >= 11 is 0. The largest absolute Gasteiger partial charge is 0.481 e. The highest BCUT2D eigenvalue weighted by Gasteiger charge is 2.20. The van der Waals surface area contributed by atoms with Gasteiger partial charge in [0.2, 0.25) is 5.88 Å². The average molecular weight is 300 g/mol. The number of nitrogens with zero attached hydrogens (tertiary/aromatic N) is 5. The van der Waals surface area contributed by atoms with Crippen molar-refractivity contribution in [1.29, 1.82) is 0 Å². The van der Waals surface area contributed by atoms with E-state index in [1.807, 2.05) is 25.1 Å². The molecule has 2 aromatic heterocycles. The topological polar surface area (TPSA) is 76.1 Å². The molecule has 0 radical (unpaired) electrons. The van der Waals surface area contributed by atoms with Gasteiger partial charge in [-0.05, 0) is 31.9 Å². The van der Waals surface area contributed by atoms with E-state index in [0.29, 0.717) is 11.9 Å². The number of nitrogens with one attached hydrogen (secondary N) is 1. The number of aryl methyl sites for hydroxylation is 1. The molecule has 1 N–H and O–H groups in total. The minimum Gasteiger partial charge on any atom is -0.481 e. The minimum atomic E-state index is 0.397. The summed E-state index contributed by atoms with van der Waals surface area (Å²) in [6, 6.07) is 6.25. The Morgan fingerprint density at radius 3 is 2.68 bits per heavy atom. The maximum atomic E-state index is 5.11. The molecular formula is C15H20N6O. The van der Waals surface area contributed by atoms with Gasteiger partial charge in [-0.2, -0.15) is 5.10 Å². The van der Waals surface area contributed by atoms with Crippen LogP contribution in [-0.4, -0.2) is 46.4 Å². The van der Waals surface area contributed by atoms with Gasteiger partial charge in [-0.3, -0.25) is 0 Å². The second-order valence-electron chi connectivity index (χ2n) is 5.38. The van der Waals surface area contributed by atoms with Crippen LogP contribution in [-0.2, 0) is 0 Å². The van der Waals surface area contributed by atoms with Crippen molar-refractivity contribution >= 4 is 11.6 Å². The lowest BCUT2D eigenvalue weighted by atomic mass is 10.1. The predicted molar refractivity (Wildman–Crippen MR) is 84.2 cm³/mol. The third-order valence-corrected chi connectivity index (χ3v) is 3.81. The lowest BCUT2D eigenvalue weighted by Crippen LogP contribution is -2.39. The second-order valence-corrected chi connectivity index (χ2v) is 5.38. The summed E-state index contributed by atoms with van der Waals surface area (Å²) < 4.78 is 5.11. The number of anilines is 2. The van der Waals surface area contributed by atoms with Crippen molar-refractivity contribution in [3.63, 3.8) is 0 Å². The molecule has 0 atom stereocenters. The van der Waals surface area contributed by atoms with Gasteiger partial charge in [0.15, 0.2) is 5.82 Å². The Morgan fingerprint density at radius 1 is 1.18 bits per heavy atom. The van der Waals surface area contributed by atoms with Crippen molar-refractivity contribution in [3.8, 4) is 5.88 Å². The van der Waals surface area contributed by atoms with Crippen LogP contribution in [0.1, 0.15) is 18.5 Å². The fraction of sp³-hybridized carbons (Fsp3) is 0.467. The molecule has 0 aliphatic carbocycles. The first-order valence-electron chi connectivity index (χ1n) is 7.42. The van der Waals surface area contributed by atoms with Crippen LogP contribution in [0.4, 0.5) is 11.6 Å². The fourth-order valence-electron chi connectivity index (χ4n) is 2.55. The van der Waals surface area contributed by atoms with Crippen LogP contribution >= 0.6 is 0 Å². The number of hydrogen-bond donors (Lipinski definition) is 1. The lowest BCUT2D eigenvalue weighted by Gasteiger charge is -2.33. The highest BCUT2D eigenvalue weighted by Crippen LogP contribution is 2.20. The number of hydrogen-bond acceptors (Lipinski definition) is 7. The van der Waals surface area contributed by atoms with Crippen LogP contribution in [0.2, 0.25) is 0 Å². The molecule has 0 amide bonds. The fourth-order valence-corrected chi connectivity index (χ4v) is 2.55. The number of aromatic nitrogens is 4. The summed E-state index contributed by atoms with van der Waals surface area (Å²) in [5.74, 6) is 2.33. The smallest absolute Gasteiger partial charge is 0.218 e. The Kier molecular flexibility index (Phi) is 4.32. The van der Waals surface area contributed by atoms with Gasteiger partial charge in [0, 0.05) is 25.2 Å². The minimum absolute atomic E-state index is 0.397. The van der Waals surface area contributed by atoms with Crippen LogP contribution in [0.5, 0.6) is 5.88 Å².